The standard InChI is InChI=1S/C50H35N/c1-3-13-35(14-4-1)37-23-28-41(29-24-37)51(42-30-25-38(26-31-42)36-15-5-2-6-16-36)43-32-27-40-33-39-17-7-10-20-46(39)50(49(40)34-43)47-21-11-8-18-44(47)45-19-9-12-22-48(45)50/h1-32,34H,33H2. The number of fused-ring (bicyclic) bond motifs is 9. The lowest BCUT2D eigenvalue weighted by atomic mass is 9.61. The molecule has 2 aliphatic rings. The van der Waals surface area contributed by atoms with Gasteiger partial charge in [-0.1, -0.05) is 164 Å². The van der Waals surface area contributed by atoms with Crippen LogP contribution in [-0.4, -0.2) is 0 Å². The molecule has 0 radical (unpaired) electrons. The van der Waals surface area contributed by atoms with E-state index >= 15 is 0 Å². The van der Waals surface area contributed by atoms with Gasteiger partial charge in [-0.05, 0) is 110 Å². The van der Waals surface area contributed by atoms with Crippen LogP contribution >= 0.6 is 0 Å². The average molecular weight is 650 g/mol. The van der Waals surface area contributed by atoms with Gasteiger partial charge in [-0.2, -0.15) is 0 Å². The zero-order valence-electron chi connectivity index (χ0n) is 28.2. The second-order valence-electron chi connectivity index (χ2n) is 13.7. The third kappa shape index (κ3) is 4.62. The molecule has 2 aliphatic carbocycles. The summed E-state index contributed by atoms with van der Waals surface area (Å²) in [6, 6.07) is 73.7. The SMILES string of the molecule is c1ccc(-c2ccc(N(c3ccc(-c4ccccc4)cc3)c3ccc4c(c3)C3(c5ccccc5C4)c4ccccc4-c4ccccc43)cc2)cc1. The average Bonchev–Trinajstić information content (AvgIpc) is 3.50. The van der Waals surface area contributed by atoms with Gasteiger partial charge >= 0.3 is 0 Å². The summed E-state index contributed by atoms with van der Waals surface area (Å²) in [6.45, 7) is 0. The maximum atomic E-state index is 2.49. The van der Waals surface area contributed by atoms with E-state index in [9.17, 15) is 0 Å². The number of hydrogen-bond acceptors (Lipinski definition) is 1. The van der Waals surface area contributed by atoms with Crippen LogP contribution in [0.4, 0.5) is 17.1 Å². The molecule has 0 N–H and O–H groups in total. The third-order valence-corrected chi connectivity index (χ3v) is 11.0. The highest BCUT2D eigenvalue weighted by atomic mass is 15.1. The molecule has 0 amide bonds. The quantitative estimate of drug-likeness (QED) is 0.179. The lowest BCUT2D eigenvalue weighted by molar-refractivity contribution is 0.722. The van der Waals surface area contributed by atoms with Gasteiger partial charge in [-0.3, -0.25) is 0 Å². The first kappa shape index (κ1) is 29.5. The molecule has 8 aromatic rings. The van der Waals surface area contributed by atoms with Gasteiger partial charge < -0.3 is 4.90 Å². The zero-order chi connectivity index (χ0) is 33.8. The molecule has 1 nitrogen and oxygen atoms in total. The highest BCUT2D eigenvalue weighted by Crippen LogP contribution is 2.59. The number of benzene rings is 8. The summed E-state index contributed by atoms with van der Waals surface area (Å²) in [4.78, 5) is 2.42. The molecule has 0 saturated carbocycles. The number of nitrogens with zero attached hydrogens (tertiary/aromatic N) is 1. The molecule has 0 unspecified atom stereocenters. The highest BCUT2D eigenvalue weighted by Gasteiger charge is 2.49. The first-order chi connectivity index (χ1) is 25.3. The monoisotopic (exact) mass is 649 g/mol. The Morgan fingerprint density at radius 3 is 1.27 bits per heavy atom. The van der Waals surface area contributed by atoms with Gasteiger partial charge in [0.2, 0.25) is 0 Å². The lowest BCUT2D eigenvalue weighted by Gasteiger charge is -2.41. The fourth-order valence-corrected chi connectivity index (χ4v) is 8.73. The summed E-state index contributed by atoms with van der Waals surface area (Å²) >= 11 is 0. The second-order valence-corrected chi connectivity index (χ2v) is 13.7. The molecule has 0 aromatic heterocycles. The fraction of sp³-hybridized carbons (Fsp3) is 0.0400. The van der Waals surface area contributed by atoms with Crippen molar-refractivity contribution >= 4 is 17.1 Å². The van der Waals surface area contributed by atoms with Crippen molar-refractivity contribution < 1.29 is 0 Å². The van der Waals surface area contributed by atoms with Crippen LogP contribution in [-0.2, 0) is 11.8 Å². The van der Waals surface area contributed by atoms with Crippen LogP contribution in [0.1, 0.15) is 33.4 Å². The molecule has 51 heavy (non-hydrogen) atoms. The van der Waals surface area contributed by atoms with E-state index in [1.54, 1.807) is 0 Å². The molecule has 1 heteroatoms. The second kappa shape index (κ2) is 11.9. The number of rotatable bonds is 5. The van der Waals surface area contributed by atoms with Crippen LogP contribution in [0.3, 0.4) is 0 Å². The summed E-state index contributed by atoms with van der Waals surface area (Å²) < 4.78 is 0. The van der Waals surface area contributed by atoms with Crippen LogP contribution in [0.2, 0.25) is 0 Å². The molecule has 0 saturated heterocycles. The molecule has 0 atom stereocenters. The molecule has 0 heterocycles. The summed E-state index contributed by atoms with van der Waals surface area (Å²) in [7, 11) is 0. The topological polar surface area (TPSA) is 3.24 Å². The molecule has 10 rings (SSSR count). The van der Waals surface area contributed by atoms with E-state index in [2.05, 4.69) is 205 Å². The van der Waals surface area contributed by atoms with Crippen LogP contribution in [0, 0.1) is 0 Å². The van der Waals surface area contributed by atoms with E-state index < -0.39 is 5.41 Å². The minimum Gasteiger partial charge on any atom is -0.310 e. The minimum atomic E-state index is -0.409. The van der Waals surface area contributed by atoms with Crippen molar-refractivity contribution in [3.63, 3.8) is 0 Å². The Morgan fingerprint density at radius 2 is 0.725 bits per heavy atom. The maximum Gasteiger partial charge on any atom is 0.0719 e. The molecule has 8 aromatic carbocycles. The van der Waals surface area contributed by atoms with Crippen molar-refractivity contribution in [2.45, 2.75) is 11.8 Å². The van der Waals surface area contributed by atoms with Gasteiger partial charge in [0, 0.05) is 17.1 Å². The summed E-state index contributed by atoms with van der Waals surface area (Å²) in [5.41, 5.74) is 18.7. The van der Waals surface area contributed by atoms with Gasteiger partial charge in [0.15, 0.2) is 0 Å². The molecule has 0 aliphatic heterocycles. The zero-order valence-corrected chi connectivity index (χ0v) is 28.2. The molecule has 0 fully saturated rings. The van der Waals surface area contributed by atoms with Crippen LogP contribution in [0.25, 0.3) is 33.4 Å². The maximum absolute atomic E-state index is 2.49. The van der Waals surface area contributed by atoms with Crippen LogP contribution < -0.4 is 4.90 Å². The van der Waals surface area contributed by atoms with Gasteiger partial charge in [-0.15, -0.1) is 0 Å². The molecule has 240 valence electrons. The van der Waals surface area contributed by atoms with E-state index in [1.807, 2.05) is 0 Å². The van der Waals surface area contributed by atoms with Crippen molar-refractivity contribution in [2.75, 3.05) is 4.90 Å². The summed E-state index contributed by atoms with van der Waals surface area (Å²) in [5.74, 6) is 0. The van der Waals surface area contributed by atoms with Crippen molar-refractivity contribution in [1.29, 1.82) is 0 Å². The van der Waals surface area contributed by atoms with Gasteiger partial charge in [0.1, 0.15) is 0 Å². The first-order valence-corrected chi connectivity index (χ1v) is 17.8. The Kier molecular flexibility index (Phi) is 6.85. The van der Waals surface area contributed by atoms with E-state index in [4.69, 9.17) is 0 Å². The third-order valence-electron chi connectivity index (χ3n) is 11.0. The van der Waals surface area contributed by atoms with E-state index in [0.29, 0.717) is 0 Å². The smallest absolute Gasteiger partial charge is 0.0719 e. The molecule has 1 spiro atoms. The van der Waals surface area contributed by atoms with Crippen molar-refractivity contribution in [1.82, 2.24) is 0 Å². The van der Waals surface area contributed by atoms with Crippen molar-refractivity contribution in [3.05, 3.63) is 234 Å². The Bertz CT molecular complexity index is 2400. The normalized spacial score (nSPS) is 13.2. The summed E-state index contributed by atoms with van der Waals surface area (Å²) in [5, 5.41) is 0. The predicted octanol–water partition coefficient (Wildman–Crippen LogP) is 12.8. The van der Waals surface area contributed by atoms with E-state index in [0.717, 1.165) is 23.5 Å². The minimum absolute atomic E-state index is 0.409. The number of hydrogen-bond donors (Lipinski definition) is 0. The lowest BCUT2D eigenvalue weighted by Crippen LogP contribution is -2.34. The van der Waals surface area contributed by atoms with Crippen molar-refractivity contribution in [2.24, 2.45) is 0 Å². The molecular weight excluding hydrogens is 615 g/mol. The highest BCUT2D eigenvalue weighted by molar-refractivity contribution is 5.89. The van der Waals surface area contributed by atoms with Crippen LogP contribution in [0.15, 0.2) is 200 Å². The fourth-order valence-electron chi connectivity index (χ4n) is 8.73. The largest absolute Gasteiger partial charge is 0.310 e. The molecule has 0 bridgehead atoms. The van der Waals surface area contributed by atoms with Crippen molar-refractivity contribution in [3.8, 4) is 33.4 Å². The number of anilines is 3. The predicted molar refractivity (Wildman–Crippen MR) is 212 cm³/mol. The van der Waals surface area contributed by atoms with Gasteiger partial charge in [0.25, 0.3) is 0 Å². The van der Waals surface area contributed by atoms with E-state index in [-0.39, 0.29) is 0 Å². The van der Waals surface area contributed by atoms with Gasteiger partial charge in [0.05, 0.1) is 5.41 Å². The Balaban J connectivity index is 1.19. The van der Waals surface area contributed by atoms with Gasteiger partial charge in [-0.25, -0.2) is 0 Å². The van der Waals surface area contributed by atoms with Crippen LogP contribution in [0.5, 0.6) is 0 Å². The van der Waals surface area contributed by atoms with E-state index in [1.165, 1.54) is 66.8 Å². The Labute approximate surface area is 299 Å². The Hall–Kier alpha value is -6.44. The first-order valence-electron chi connectivity index (χ1n) is 17.8. The summed E-state index contributed by atoms with van der Waals surface area (Å²) in [6.07, 6.45) is 0.912. The molecular formula is C50H35N. The Morgan fingerprint density at radius 1 is 0.314 bits per heavy atom.